The van der Waals surface area contributed by atoms with Crippen LogP contribution in [0.5, 0.6) is 5.75 Å². The number of rotatable bonds is 2. The number of aromatic carboxylic acids is 1. The lowest BCUT2D eigenvalue weighted by molar-refractivity contribution is 0.0698. The van der Waals surface area contributed by atoms with Crippen molar-refractivity contribution in [1.82, 2.24) is 4.57 Å². The molecule has 0 amide bonds. The molecular weight excluding hydrogens is 230 g/mol. The van der Waals surface area contributed by atoms with E-state index >= 15 is 0 Å². The Morgan fingerprint density at radius 2 is 2.00 bits per heavy atom. The largest absolute Gasteiger partial charge is 0.508 e. The number of hydrogen-bond donors (Lipinski definition) is 2. The van der Waals surface area contributed by atoms with Gasteiger partial charge in [-0.05, 0) is 23.6 Å². The molecule has 1 heterocycles. The van der Waals surface area contributed by atoms with Gasteiger partial charge in [0.05, 0.1) is 5.56 Å². The minimum Gasteiger partial charge on any atom is -0.508 e. The molecule has 4 heteroatoms. The molecule has 0 saturated carbocycles. The Hall–Kier alpha value is -1.97. The van der Waals surface area contributed by atoms with Crippen LogP contribution in [0.3, 0.4) is 0 Å². The van der Waals surface area contributed by atoms with Gasteiger partial charge in [-0.3, -0.25) is 0 Å². The van der Waals surface area contributed by atoms with E-state index < -0.39 is 5.97 Å². The smallest absolute Gasteiger partial charge is 0.337 e. The van der Waals surface area contributed by atoms with E-state index in [-0.39, 0.29) is 16.7 Å². The first-order valence-electron chi connectivity index (χ1n) is 5.83. The van der Waals surface area contributed by atoms with Gasteiger partial charge in [0.1, 0.15) is 5.75 Å². The zero-order valence-corrected chi connectivity index (χ0v) is 10.8. The molecule has 0 unspecified atom stereocenters. The van der Waals surface area contributed by atoms with E-state index in [1.54, 1.807) is 18.3 Å². The summed E-state index contributed by atoms with van der Waals surface area (Å²) in [5.74, 6) is -0.892. The molecule has 0 fully saturated rings. The summed E-state index contributed by atoms with van der Waals surface area (Å²) >= 11 is 0. The predicted molar refractivity (Wildman–Crippen MR) is 70.0 cm³/mol. The van der Waals surface area contributed by atoms with Crippen molar-refractivity contribution in [3.63, 3.8) is 0 Å². The fourth-order valence-electron chi connectivity index (χ4n) is 2.10. The highest BCUT2D eigenvalue weighted by molar-refractivity contribution is 6.03. The molecular formula is C14H17NO3. The quantitative estimate of drug-likeness (QED) is 0.857. The van der Waals surface area contributed by atoms with E-state index in [2.05, 4.69) is 20.8 Å². The third-order valence-corrected chi connectivity index (χ3v) is 2.74. The molecule has 2 aromatic rings. The summed E-state index contributed by atoms with van der Waals surface area (Å²) in [6.07, 6.45) is 1.64. The van der Waals surface area contributed by atoms with Crippen molar-refractivity contribution < 1.29 is 15.0 Å². The molecule has 1 aromatic heterocycles. The SMILES string of the molecule is CC(C)(C)Cn1cc(C(=O)O)c2cc(O)ccc21. The number of fused-ring (bicyclic) bond motifs is 1. The Kier molecular flexibility index (Phi) is 2.81. The summed E-state index contributed by atoms with van der Waals surface area (Å²) < 4.78 is 1.93. The van der Waals surface area contributed by atoms with Crippen LogP contribution in [0.4, 0.5) is 0 Å². The number of aromatic hydroxyl groups is 1. The van der Waals surface area contributed by atoms with Crippen molar-refractivity contribution in [2.45, 2.75) is 27.3 Å². The lowest BCUT2D eigenvalue weighted by Gasteiger charge is -2.19. The second-order valence-corrected chi connectivity index (χ2v) is 5.74. The maximum Gasteiger partial charge on any atom is 0.337 e. The molecule has 0 aliphatic rings. The van der Waals surface area contributed by atoms with Crippen LogP contribution in [-0.4, -0.2) is 20.7 Å². The summed E-state index contributed by atoms with van der Waals surface area (Å²) in [5.41, 5.74) is 1.12. The standard InChI is InChI=1S/C14H17NO3/c1-14(2,3)8-15-7-11(13(17)18)10-6-9(16)4-5-12(10)15/h4-7,16H,8H2,1-3H3,(H,17,18). The molecule has 4 nitrogen and oxygen atoms in total. The fourth-order valence-corrected chi connectivity index (χ4v) is 2.10. The molecule has 0 bridgehead atoms. The van der Waals surface area contributed by atoms with Gasteiger partial charge in [0.2, 0.25) is 0 Å². The Bertz CT molecular complexity index is 605. The van der Waals surface area contributed by atoms with Crippen molar-refractivity contribution in [2.75, 3.05) is 0 Å². The van der Waals surface area contributed by atoms with Gasteiger partial charge in [-0.15, -0.1) is 0 Å². The average molecular weight is 247 g/mol. The predicted octanol–water partition coefficient (Wildman–Crippen LogP) is 3.09. The highest BCUT2D eigenvalue weighted by Gasteiger charge is 2.18. The van der Waals surface area contributed by atoms with Crippen LogP contribution in [0.2, 0.25) is 0 Å². The van der Waals surface area contributed by atoms with Crippen molar-refractivity contribution >= 4 is 16.9 Å². The fraction of sp³-hybridized carbons (Fsp3) is 0.357. The van der Waals surface area contributed by atoms with Gasteiger partial charge in [0.15, 0.2) is 0 Å². The van der Waals surface area contributed by atoms with Crippen LogP contribution in [-0.2, 0) is 6.54 Å². The number of phenolic OH excluding ortho intramolecular Hbond substituents is 1. The van der Waals surface area contributed by atoms with Gasteiger partial charge in [-0.2, -0.15) is 0 Å². The Morgan fingerprint density at radius 1 is 1.33 bits per heavy atom. The third kappa shape index (κ3) is 2.32. The van der Waals surface area contributed by atoms with Gasteiger partial charge in [-0.25, -0.2) is 4.79 Å². The molecule has 18 heavy (non-hydrogen) atoms. The second-order valence-electron chi connectivity index (χ2n) is 5.74. The first-order valence-corrected chi connectivity index (χ1v) is 5.83. The van der Waals surface area contributed by atoms with Crippen LogP contribution in [0, 0.1) is 5.41 Å². The maximum absolute atomic E-state index is 11.2. The molecule has 2 rings (SSSR count). The Labute approximate surface area is 105 Å². The molecule has 0 atom stereocenters. The van der Waals surface area contributed by atoms with Gasteiger partial charge < -0.3 is 14.8 Å². The monoisotopic (exact) mass is 247 g/mol. The number of hydrogen-bond acceptors (Lipinski definition) is 2. The van der Waals surface area contributed by atoms with Crippen molar-refractivity contribution in [3.05, 3.63) is 30.0 Å². The van der Waals surface area contributed by atoms with E-state index in [1.807, 2.05) is 4.57 Å². The van der Waals surface area contributed by atoms with Crippen molar-refractivity contribution in [1.29, 1.82) is 0 Å². The molecule has 0 aliphatic carbocycles. The van der Waals surface area contributed by atoms with Crippen LogP contribution in [0.25, 0.3) is 10.9 Å². The molecule has 0 aliphatic heterocycles. The highest BCUT2D eigenvalue weighted by atomic mass is 16.4. The highest BCUT2D eigenvalue weighted by Crippen LogP contribution is 2.28. The number of carbonyl (C=O) groups is 1. The van der Waals surface area contributed by atoms with Gasteiger partial charge in [0, 0.05) is 23.6 Å². The van der Waals surface area contributed by atoms with Crippen molar-refractivity contribution in [3.8, 4) is 5.75 Å². The van der Waals surface area contributed by atoms with Gasteiger partial charge >= 0.3 is 5.97 Å². The zero-order chi connectivity index (χ0) is 13.5. The van der Waals surface area contributed by atoms with Gasteiger partial charge in [0.25, 0.3) is 0 Å². The summed E-state index contributed by atoms with van der Waals surface area (Å²) in [6.45, 7) is 7.01. The van der Waals surface area contributed by atoms with Gasteiger partial charge in [-0.1, -0.05) is 20.8 Å². The number of carboxylic acids is 1. The minimum absolute atomic E-state index is 0.0552. The molecule has 2 N–H and O–H groups in total. The number of nitrogens with zero attached hydrogens (tertiary/aromatic N) is 1. The minimum atomic E-state index is -0.974. The molecule has 1 aromatic carbocycles. The average Bonchev–Trinajstić information content (AvgIpc) is 2.54. The van der Waals surface area contributed by atoms with Crippen LogP contribution in [0.15, 0.2) is 24.4 Å². The third-order valence-electron chi connectivity index (χ3n) is 2.74. The van der Waals surface area contributed by atoms with Crippen LogP contribution in [0.1, 0.15) is 31.1 Å². The maximum atomic E-state index is 11.2. The summed E-state index contributed by atoms with van der Waals surface area (Å²) in [7, 11) is 0. The Balaban J connectivity index is 2.65. The van der Waals surface area contributed by atoms with Crippen LogP contribution >= 0.6 is 0 Å². The summed E-state index contributed by atoms with van der Waals surface area (Å²) in [4.78, 5) is 11.2. The summed E-state index contributed by atoms with van der Waals surface area (Å²) in [5, 5.41) is 19.2. The summed E-state index contributed by atoms with van der Waals surface area (Å²) in [6, 6.07) is 4.83. The first-order chi connectivity index (χ1) is 8.28. The topological polar surface area (TPSA) is 62.5 Å². The van der Waals surface area contributed by atoms with E-state index in [4.69, 9.17) is 0 Å². The van der Waals surface area contributed by atoms with Crippen molar-refractivity contribution in [2.24, 2.45) is 5.41 Å². The Morgan fingerprint density at radius 3 is 2.56 bits per heavy atom. The van der Waals surface area contributed by atoms with E-state index in [0.717, 1.165) is 12.1 Å². The van der Waals surface area contributed by atoms with Crippen LogP contribution < -0.4 is 0 Å². The molecule has 0 saturated heterocycles. The van der Waals surface area contributed by atoms with E-state index in [1.165, 1.54) is 6.07 Å². The number of benzene rings is 1. The molecule has 0 spiro atoms. The second kappa shape index (κ2) is 4.05. The molecule has 0 radical (unpaired) electrons. The number of aromatic nitrogens is 1. The number of carboxylic acid groups (broad SMARTS) is 1. The van der Waals surface area contributed by atoms with E-state index in [0.29, 0.717) is 5.39 Å². The van der Waals surface area contributed by atoms with E-state index in [9.17, 15) is 15.0 Å². The number of phenols is 1. The lowest BCUT2D eigenvalue weighted by atomic mass is 9.97. The molecule has 96 valence electrons. The first kappa shape index (κ1) is 12.5. The zero-order valence-electron chi connectivity index (χ0n) is 10.8. The normalized spacial score (nSPS) is 11.9. The lowest BCUT2D eigenvalue weighted by Crippen LogP contribution is -2.14.